The molecule has 0 saturated heterocycles. The number of fused-ring (bicyclic) bond motifs is 1. The van der Waals surface area contributed by atoms with E-state index in [2.05, 4.69) is 0 Å². The highest BCUT2D eigenvalue weighted by Crippen LogP contribution is 2.32. The number of aliphatic hydroxyl groups is 1. The maximum Gasteiger partial charge on any atom is 0.335 e. The van der Waals surface area contributed by atoms with Crippen molar-refractivity contribution in [1.29, 1.82) is 0 Å². The molecule has 0 spiro atoms. The van der Waals surface area contributed by atoms with Crippen LogP contribution in [0.1, 0.15) is 38.1 Å². The summed E-state index contributed by atoms with van der Waals surface area (Å²) in [6.07, 6.45) is -1.12. The third-order valence-corrected chi connectivity index (χ3v) is 3.58. The molecule has 0 saturated carbocycles. The number of carboxylic acids is 1. The average molecular weight is 301 g/mol. The zero-order valence-electron chi connectivity index (χ0n) is 11.4. The van der Waals surface area contributed by atoms with Crippen molar-refractivity contribution in [2.45, 2.75) is 12.8 Å². The summed E-state index contributed by atoms with van der Waals surface area (Å²) in [5.41, 5.74) is 0.985. The molecule has 3 rings (SSSR count). The first-order valence-corrected chi connectivity index (χ1v) is 6.58. The fourth-order valence-corrected chi connectivity index (χ4v) is 2.57. The Labute approximate surface area is 125 Å². The first-order valence-electron chi connectivity index (χ1n) is 6.58. The van der Waals surface area contributed by atoms with Crippen molar-refractivity contribution >= 4 is 11.9 Å². The number of hydrogen-bond donors (Lipinski definition) is 2. The van der Waals surface area contributed by atoms with Gasteiger partial charge in [0, 0.05) is 17.7 Å². The molecule has 0 bridgehead atoms. The molecule has 2 aromatic carbocycles. The van der Waals surface area contributed by atoms with Crippen LogP contribution in [-0.2, 0) is 6.54 Å². The number of carboxylic acid groups (broad SMARTS) is 1. The van der Waals surface area contributed by atoms with Gasteiger partial charge in [0.2, 0.25) is 0 Å². The van der Waals surface area contributed by atoms with Crippen LogP contribution in [0.2, 0.25) is 0 Å². The van der Waals surface area contributed by atoms with E-state index < -0.39 is 18.0 Å². The highest BCUT2D eigenvalue weighted by atomic mass is 19.1. The molecule has 1 atom stereocenters. The summed E-state index contributed by atoms with van der Waals surface area (Å²) < 4.78 is 13.5. The number of aromatic carboxylic acids is 1. The molecule has 1 unspecified atom stereocenters. The van der Waals surface area contributed by atoms with Gasteiger partial charge in [-0.2, -0.15) is 0 Å². The van der Waals surface area contributed by atoms with E-state index in [9.17, 15) is 19.1 Å². The van der Waals surface area contributed by atoms with Crippen molar-refractivity contribution in [3.05, 3.63) is 70.5 Å². The molecule has 1 amide bonds. The van der Waals surface area contributed by atoms with Gasteiger partial charge in [-0.15, -0.1) is 0 Å². The van der Waals surface area contributed by atoms with E-state index in [4.69, 9.17) is 5.11 Å². The standard InChI is InChI=1S/C16H12FNO4/c17-11-6-9(5-10(7-11)16(21)22)8-18-14(19)12-3-1-2-4-13(12)15(18)20/h1-7,14,19H,8H2,(H,21,22). The normalized spacial score (nSPS) is 16.7. The molecule has 2 aromatic rings. The Kier molecular flexibility index (Phi) is 3.38. The molecule has 1 aliphatic heterocycles. The zero-order valence-corrected chi connectivity index (χ0v) is 11.4. The van der Waals surface area contributed by atoms with Gasteiger partial charge in [-0.05, 0) is 29.8 Å². The summed E-state index contributed by atoms with van der Waals surface area (Å²) in [5, 5.41) is 19.2. The number of halogens is 1. The smallest absolute Gasteiger partial charge is 0.335 e. The van der Waals surface area contributed by atoms with Gasteiger partial charge in [0.05, 0.1) is 5.56 Å². The fraction of sp³-hybridized carbons (Fsp3) is 0.125. The van der Waals surface area contributed by atoms with Crippen molar-refractivity contribution in [3.63, 3.8) is 0 Å². The SMILES string of the molecule is O=C(O)c1cc(F)cc(CN2C(=O)c3ccccc3C2O)c1. The fourth-order valence-electron chi connectivity index (χ4n) is 2.57. The Morgan fingerprint density at radius 1 is 1.23 bits per heavy atom. The van der Waals surface area contributed by atoms with E-state index in [0.717, 1.165) is 12.1 Å². The second kappa shape index (κ2) is 5.23. The van der Waals surface area contributed by atoms with Gasteiger partial charge in [-0.3, -0.25) is 4.79 Å². The molecule has 112 valence electrons. The Morgan fingerprint density at radius 2 is 1.95 bits per heavy atom. The molecule has 0 aromatic heterocycles. The predicted octanol–water partition coefficient (Wildman–Crippen LogP) is 2.17. The molecule has 0 aliphatic carbocycles. The number of benzene rings is 2. The topological polar surface area (TPSA) is 77.8 Å². The van der Waals surface area contributed by atoms with Crippen molar-refractivity contribution in [1.82, 2.24) is 4.90 Å². The van der Waals surface area contributed by atoms with Crippen LogP contribution in [-0.4, -0.2) is 27.0 Å². The van der Waals surface area contributed by atoms with E-state index in [0.29, 0.717) is 16.7 Å². The number of rotatable bonds is 3. The average Bonchev–Trinajstić information content (AvgIpc) is 2.72. The lowest BCUT2D eigenvalue weighted by Crippen LogP contribution is -2.27. The summed E-state index contributed by atoms with van der Waals surface area (Å²) in [6.45, 7) is -0.0767. The van der Waals surface area contributed by atoms with Crippen LogP contribution in [0.4, 0.5) is 4.39 Å². The zero-order chi connectivity index (χ0) is 15.9. The van der Waals surface area contributed by atoms with Gasteiger partial charge < -0.3 is 15.1 Å². The first kappa shape index (κ1) is 14.2. The minimum atomic E-state index is -1.25. The van der Waals surface area contributed by atoms with Crippen molar-refractivity contribution in [2.24, 2.45) is 0 Å². The Hall–Kier alpha value is -2.73. The molecule has 0 fully saturated rings. The van der Waals surface area contributed by atoms with Crippen LogP contribution in [0.25, 0.3) is 0 Å². The molecule has 22 heavy (non-hydrogen) atoms. The van der Waals surface area contributed by atoms with Crippen LogP contribution < -0.4 is 0 Å². The van der Waals surface area contributed by atoms with Crippen LogP contribution in [0, 0.1) is 5.82 Å². The minimum Gasteiger partial charge on any atom is -0.478 e. The second-order valence-corrected chi connectivity index (χ2v) is 5.05. The van der Waals surface area contributed by atoms with Crippen molar-refractivity contribution < 1.29 is 24.2 Å². The number of carbonyl (C=O) groups is 2. The molecule has 6 heteroatoms. The molecule has 5 nitrogen and oxygen atoms in total. The van der Waals surface area contributed by atoms with Crippen LogP contribution >= 0.6 is 0 Å². The van der Waals surface area contributed by atoms with Gasteiger partial charge >= 0.3 is 5.97 Å². The molecule has 0 radical (unpaired) electrons. The molecular weight excluding hydrogens is 289 g/mol. The Bertz CT molecular complexity index is 774. The summed E-state index contributed by atoms with van der Waals surface area (Å²) in [7, 11) is 0. The quantitative estimate of drug-likeness (QED) is 0.911. The number of carbonyl (C=O) groups excluding carboxylic acids is 1. The molecule has 1 heterocycles. The van der Waals surface area contributed by atoms with Crippen LogP contribution in [0.5, 0.6) is 0 Å². The summed E-state index contributed by atoms with van der Waals surface area (Å²) in [6, 6.07) is 10.00. The summed E-state index contributed by atoms with van der Waals surface area (Å²) in [5.74, 6) is -2.32. The predicted molar refractivity (Wildman–Crippen MR) is 74.6 cm³/mol. The molecule has 1 aliphatic rings. The first-order chi connectivity index (χ1) is 10.5. The Morgan fingerprint density at radius 3 is 2.64 bits per heavy atom. The number of nitrogens with zero attached hydrogens (tertiary/aromatic N) is 1. The van der Waals surface area contributed by atoms with Gasteiger partial charge in [-0.25, -0.2) is 9.18 Å². The Balaban J connectivity index is 1.92. The van der Waals surface area contributed by atoms with Gasteiger partial charge in [0.1, 0.15) is 5.82 Å². The largest absolute Gasteiger partial charge is 0.478 e. The van der Waals surface area contributed by atoms with Crippen molar-refractivity contribution in [3.8, 4) is 0 Å². The van der Waals surface area contributed by atoms with E-state index in [1.165, 1.54) is 11.0 Å². The van der Waals surface area contributed by atoms with E-state index in [1.54, 1.807) is 24.3 Å². The van der Waals surface area contributed by atoms with E-state index >= 15 is 0 Å². The van der Waals surface area contributed by atoms with Crippen LogP contribution in [0.15, 0.2) is 42.5 Å². The van der Waals surface area contributed by atoms with Gasteiger partial charge in [0.15, 0.2) is 6.23 Å². The summed E-state index contributed by atoms with van der Waals surface area (Å²) in [4.78, 5) is 24.4. The van der Waals surface area contributed by atoms with Crippen molar-refractivity contribution in [2.75, 3.05) is 0 Å². The lowest BCUT2D eigenvalue weighted by Gasteiger charge is -2.21. The number of amides is 1. The third kappa shape index (κ3) is 2.33. The maximum atomic E-state index is 13.5. The van der Waals surface area contributed by atoms with Crippen LogP contribution in [0.3, 0.4) is 0 Å². The second-order valence-electron chi connectivity index (χ2n) is 5.05. The van der Waals surface area contributed by atoms with Gasteiger partial charge in [0.25, 0.3) is 5.91 Å². The van der Waals surface area contributed by atoms with E-state index in [-0.39, 0.29) is 18.0 Å². The van der Waals surface area contributed by atoms with E-state index in [1.807, 2.05) is 0 Å². The maximum absolute atomic E-state index is 13.5. The minimum absolute atomic E-state index is 0.0767. The number of hydrogen-bond acceptors (Lipinski definition) is 3. The van der Waals surface area contributed by atoms with Gasteiger partial charge in [-0.1, -0.05) is 18.2 Å². The lowest BCUT2D eigenvalue weighted by atomic mass is 10.1. The monoisotopic (exact) mass is 301 g/mol. The number of aliphatic hydroxyl groups excluding tert-OH is 1. The molecular formula is C16H12FNO4. The highest BCUT2D eigenvalue weighted by Gasteiger charge is 2.35. The third-order valence-electron chi connectivity index (χ3n) is 3.58. The summed E-state index contributed by atoms with van der Waals surface area (Å²) >= 11 is 0. The molecule has 2 N–H and O–H groups in total. The lowest BCUT2D eigenvalue weighted by molar-refractivity contribution is 0.0137. The highest BCUT2D eigenvalue weighted by molar-refractivity contribution is 5.98.